The first-order valence-corrected chi connectivity index (χ1v) is 9.73. The number of nitrogens with two attached hydrogens (primary N) is 1. The summed E-state index contributed by atoms with van der Waals surface area (Å²) in [6.45, 7) is 3.64. The molecule has 0 radical (unpaired) electrons. The van der Waals surface area contributed by atoms with Gasteiger partial charge in [0.1, 0.15) is 5.75 Å². The van der Waals surface area contributed by atoms with Crippen molar-refractivity contribution in [1.82, 2.24) is 4.90 Å². The van der Waals surface area contributed by atoms with Crippen molar-refractivity contribution < 1.29 is 9.53 Å². The number of nitrogens with zero attached hydrogens (tertiary/aromatic N) is 1. The van der Waals surface area contributed by atoms with E-state index in [1.54, 1.807) is 0 Å². The lowest BCUT2D eigenvalue weighted by atomic mass is 10.0. The quantitative estimate of drug-likeness (QED) is 0.715. The van der Waals surface area contributed by atoms with Crippen LogP contribution in [-0.4, -0.2) is 43.1 Å². The van der Waals surface area contributed by atoms with Gasteiger partial charge in [0.15, 0.2) is 0 Å². The molecule has 3 rings (SSSR count). The highest BCUT2D eigenvalue weighted by Gasteiger charge is 2.19. The van der Waals surface area contributed by atoms with Crippen LogP contribution in [0.2, 0.25) is 0 Å². The zero-order valence-corrected chi connectivity index (χ0v) is 15.8. The van der Waals surface area contributed by atoms with Gasteiger partial charge in [-0.15, -0.1) is 0 Å². The molecule has 2 aromatic rings. The Morgan fingerprint density at radius 3 is 2.52 bits per heavy atom. The third-order valence-electron chi connectivity index (χ3n) is 5.00. The molecule has 3 N–H and O–H groups in total. The second-order valence-electron chi connectivity index (χ2n) is 7.06. The van der Waals surface area contributed by atoms with Crippen LogP contribution in [0, 0.1) is 0 Å². The summed E-state index contributed by atoms with van der Waals surface area (Å²) < 4.78 is 5.72. The summed E-state index contributed by atoms with van der Waals surface area (Å²) in [5, 5.41) is 3.61. The van der Waals surface area contributed by atoms with E-state index in [0.29, 0.717) is 12.6 Å². The zero-order valence-electron chi connectivity index (χ0n) is 15.8. The molecule has 0 atom stereocenters. The second kappa shape index (κ2) is 9.97. The maximum absolute atomic E-state index is 10.9. The Morgan fingerprint density at radius 2 is 1.78 bits per heavy atom. The van der Waals surface area contributed by atoms with E-state index in [9.17, 15) is 4.79 Å². The molecule has 0 aliphatic carbocycles. The normalized spacial score (nSPS) is 15.4. The summed E-state index contributed by atoms with van der Waals surface area (Å²) in [6, 6.07) is 19.0. The van der Waals surface area contributed by atoms with Crippen LogP contribution in [0.3, 0.4) is 0 Å². The van der Waals surface area contributed by atoms with Crippen LogP contribution in [0.25, 0.3) is 0 Å². The molecule has 1 aliphatic heterocycles. The minimum atomic E-state index is -0.344. The van der Waals surface area contributed by atoms with Crippen molar-refractivity contribution in [3.05, 3.63) is 60.2 Å². The summed E-state index contributed by atoms with van der Waals surface area (Å²) in [5.74, 6) is 0.438. The molecule has 0 saturated carbocycles. The molecule has 27 heavy (non-hydrogen) atoms. The lowest BCUT2D eigenvalue weighted by molar-refractivity contribution is -0.118. The second-order valence-corrected chi connectivity index (χ2v) is 7.06. The molecular formula is C22H29N3O2. The number of likely N-dealkylation sites (tertiary alicyclic amines) is 1. The molecule has 1 amide bonds. The number of primary amides is 1. The van der Waals surface area contributed by atoms with Crippen LogP contribution in [0.5, 0.6) is 5.75 Å². The van der Waals surface area contributed by atoms with Gasteiger partial charge in [0.2, 0.25) is 5.91 Å². The molecule has 0 unspecified atom stereocenters. The SMILES string of the molecule is NC(=O)CCOc1ccccc1NC1CCN(CCc2ccccc2)CC1. The van der Waals surface area contributed by atoms with Crippen LogP contribution >= 0.6 is 0 Å². The average molecular weight is 367 g/mol. The van der Waals surface area contributed by atoms with Crippen molar-refractivity contribution in [2.24, 2.45) is 5.73 Å². The number of benzene rings is 2. The number of piperidine rings is 1. The van der Waals surface area contributed by atoms with Crippen molar-refractivity contribution in [3.63, 3.8) is 0 Å². The molecule has 0 spiro atoms. The van der Waals surface area contributed by atoms with Crippen molar-refractivity contribution in [1.29, 1.82) is 0 Å². The van der Waals surface area contributed by atoms with E-state index in [4.69, 9.17) is 10.5 Å². The largest absolute Gasteiger partial charge is 0.491 e. The summed E-state index contributed by atoms with van der Waals surface area (Å²) in [6.07, 6.45) is 3.57. The monoisotopic (exact) mass is 367 g/mol. The first-order valence-electron chi connectivity index (χ1n) is 9.73. The fourth-order valence-electron chi connectivity index (χ4n) is 3.43. The number of para-hydroxylation sites is 2. The third kappa shape index (κ3) is 6.29. The van der Waals surface area contributed by atoms with E-state index in [-0.39, 0.29) is 12.3 Å². The number of carbonyl (C=O) groups is 1. The van der Waals surface area contributed by atoms with Gasteiger partial charge >= 0.3 is 0 Å². The molecule has 0 aromatic heterocycles. The molecule has 144 valence electrons. The van der Waals surface area contributed by atoms with Gasteiger partial charge < -0.3 is 20.7 Å². The topological polar surface area (TPSA) is 67.6 Å². The highest BCUT2D eigenvalue weighted by molar-refractivity contribution is 5.73. The molecule has 1 aliphatic rings. The van der Waals surface area contributed by atoms with Crippen molar-refractivity contribution >= 4 is 11.6 Å². The highest BCUT2D eigenvalue weighted by atomic mass is 16.5. The zero-order chi connectivity index (χ0) is 18.9. The van der Waals surface area contributed by atoms with Crippen molar-refractivity contribution in [2.75, 3.05) is 31.6 Å². The van der Waals surface area contributed by atoms with Crippen LogP contribution < -0.4 is 15.8 Å². The molecule has 5 heteroatoms. The van der Waals surface area contributed by atoms with Gasteiger partial charge in [-0.2, -0.15) is 0 Å². The van der Waals surface area contributed by atoms with Gasteiger partial charge in [0, 0.05) is 25.7 Å². The van der Waals surface area contributed by atoms with Gasteiger partial charge in [-0.05, 0) is 37.0 Å². The number of anilines is 1. The smallest absolute Gasteiger partial charge is 0.220 e. The summed E-state index contributed by atoms with van der Waals surface area (Å²) in [7, 11) is 0. The van der Waals surface area contributed by atoms with Gasteiger partial charge in [-0.25, -0.2) is 0 Å². The van der Waals surface area contributed by atoms with E-state index in [0.717, 1.165) is 50.3 Å². The number of amides is 1. The number of nitrogens with one attached hydrogen (secondary N) is 1. The van der Waals surface area contributed by atoms with Gasteiger partial charge in [0.25, 0.3) is 0 Å². The van der Waals surface area contributed by atoms with E-state index >= 15 is 0 Å². The van der Waals surface area contributed by atoms with Crippen LogP contribution in [0.15, 0.2) is 54.6 Å². The Morgan fingerprint density at radius 1 is 1.07 bits per heavy atom. The molecule has 2 aromatic carbocycles. The minimum absolute atomic E-state index is 0.230. The van der Waals surface area contributed by atoms with Crippen molar-refractivity contribution in [3.8, 4) is 5.75 Å². The summed E-state index contributed by atoms with van der Waals surface area (Å²) in [4.78, 5) is 13.4. The maximum atomic E-state index is 10.9. The Labute approximate surface area is 161 Å². The molecule has 0 bridgehead atoms. The fraction of sp³-hybridized carbons (Fsp3) is 0.409. The average Bonchev–Trinajstić information content (AvgIpc) is 2.69. The predicted octanol–water partition coefficient (Wildman–Crippen LogP) is 3.06. The Kier molecular flexibility index (Phi) is 7.11. The van der Waals surface area contributed by atoms with Crippen LogP contribution in [0.1, 0.15) is 24.8 Å². The van der Waals surface area contributed by atoms with Gasteiger partial charge in [-0.1, -0.05) is 42.5 Å². The number of ether oxygens (including phenoxy) is 1. The summed E-state index contributed by atoms with van der Waals surface area (Å²) >= 11 is 0. The lowest BCUT2D eigenvalue weighted by Crippen LogP contribution is -2.40. The lowest BCUT2D eigenvalue weighted by Gasteiger charge is -2.33. The van der Waals surface area contributed by atoms with Crippen molar-refractivity contribution in [2.45, 2.75) is 31.7 Å². The van der Waals surface area contributed by atoms with Gasteiger partial charge in [-0.3, -0.25) is 4.79 Å². The van der Waals surface area contributed by atoms with E-state index in [2.05, 4.69) is 40.5 Å². The van der Waals surface area contributed by atoms with E-state index < -0.39 is 0 Å². The third-order valence-corrected chi connectivity index (χ3v) is 5.00. The Hall–Kier alpha value is -2.53. The summed E-state index contributed by atoms with van der Waals surface area (Å²) in [5.41, 5.74) is 7.57. The number of rotatable bonds is 9. The Bertz CT molecular complexity index is 713. The Balaban J connectivity index is 1.44. The first kappa shape index (κ1) is 19.2. The highest BCUT2D eigenvalue weighted by Crippen LogP contribution is 2.26. The molecule has 1 heterocycles. The number of hydrogen-bond acceptors (Lipinski definition) is 4. The van der Waals surface area contributed by atoms with Gasteiger partial charge in [0.05, 0.1) is 18.7 Å². The van der Waals surface area contributed by atoms with E-state index in [1.807, 2.05) is 24.3 Å². The maximum Gasteiger partial charge on any atom is 0.220 e. The number of hydrogen-bond donors (Lipinski definition) is 2. The predicted molar refractivity (Wildman–Crippen MR) is 109 cm³/mol. The van der Waals surface area contributed by atoms with Crippen LogP contribution in [0.4, 0.5) is 5.69 Å². The standard InChI is InChI=1S/C22H29N3O2/c23-22(26)13-17-27-21-9-5-4-8-20(21)24-19-11-15-25(16-12-19)14-10-18-6-2-1-3-7-18/h1-9,19,24H,10-17H2,(H2,23,26). The molecule has 1 fully saturated rings. The van der Waals surface area contributed by atoms with E-state index in [1.165, 1.54) is 5.56 Å². The molecular weight excluding hydrogens is 338 g/mol. The molecule has 5 nitrogen and oxygen atoms in total. The number of carbonyl (C=O) groups excluding carboxylic acids is 1. The minimum Gasteiger partial charge on any atom is -0.491 e. The first-order chi connectivity index (χ1) is 13.2. The fourth-order valence-corrected chi connectivity index (χ4v) is 3.43. The van der Waals surface area contributed by atoms with Crippen LogP contribution in [-0.2, 0) is 11.2 Å². The molecule has 1 saturated heterocycles.